The van der Waals surface area contributed by atoms with Crippen molar-refractivity contribution in [3.05, 3.63) is 84.3 Å². The SMILES string of the molecule is Cc1cc(-c2ccc(NC(=O)[C@H](C)c3cn(C)c4ccccc34)cc2)ccn1. The monoisotopic (exact) mass is 369 g/mol. The van der Waals surface area contributed by atoms with Gasteiger partial charge in [0.15, 0.2) is 0 Å². The summed E-state index contributed by atoms with van der Waals surface area (Å²) in [4.78, 5) is 17.1. The van der Waals surface area contributed by atoms with Gasteiger partial charge in [0.2, 0.25) is 5.91 Å². The van der Waals surface area contributed by atoms with E-state index in [4.69, 9.17) is 0 Å². The van der Waals surface area contributed by atoms with E-state index in [2.05, 4.69) is 33.1 Å². The molecule has 2 aromatic heterocycles. The molecule has 2 heterocycles. The van der Waals surface area contributed by atoms with Gasteiger partial charge in [0.05, 0.1) is 5.92 Å². The van der Waals surface area contributed by atoms with E-state index in [1.54, 1.807) is 0 Å². The van der Waals surface area contributed by atoms with E-state index in [1.165, 1.54) is 0 Å². The van der Waals surface area contributed by atoms with Crippen LogP contribution >= 0.6 is 0 Å². The molecular weight excluding hydrogens is 346 g/mol. The number of fused-ring (bicyclic) bond motifs is 1. The number of carbonyl (C=O) groups excluding carboxylic acids is 1. The number of anilines is 1. The zero-order chi connectivity index (χ0) is 19.7. The molecule has 4 aromatic rings. The molecule has 4 nitrogen and oxygen atoms in total. The number of hydrogen-bond donors (Lipinski definition) is 1. The minimum Gasteiger partial charge on any atom is -0.350 e. The van der Waals surface area contributed by atoms with Gasteiger partial charge in [-0.05, 0) is 60.9 Å². The Kier molecular flexibility index (Phi) is 4.70. The minimum atomic E-state index is -0.242. The van der Waals surface area contributed by atoms with Crippen molar-refractivity contribution >= 4 is 22.5 Å². The van der Waals surface area contributed by atoms with E-state index < -0.39 is 0 Å². The molecule has 0 saturated heterocycles. The predicted octanol–water partition coefficient (Wildman–Crippen LogP) is 5.29. The zero-order valence-corrected chi connectivity index (χ0v) is 16.3. The predicted molar refractivity (Wildman–Crippen MR) is 114 cm³/mol. The Morgan fingerprint density at radius 3 is 2.54 bits per heavy atom. The number of hydrogen-bond acceptors (Lipinski definition) is 2. The van der Waals surface area contributed by atoms with Crippen molar-refractivity contribution in [3.8, 4) is 11.1 Å². The summed E-state index contributed by atoms with van der Waals surface area (Å²) < 4.78 is 2.07. The summed E-state index contributed by atoms with van der Waals surface area (Å²) in [5, 5.41) is 4.16. The van der Waals surface area contributed by atoms with Gasteiger partial charge >= 0.3 is 0 Å². The summed E-state index contributed by atoms with van der Waals surface area (Å²) in [6, 6.07) is 20.1. The van der Waals surface area contributed by atoms with Gasteiger partial charge in [0.1, 0.15) is 0 Å². The fraction of sp³-hybridized carbons (Fsp3) is 0.167. The summed E-state index contributed by atoms with van der Waals surface area (Å²) in [7, 11) is 2.01. The van der Waals surface area contributed by atoms with Gasteiger partial charge in [-0.1, -0.05) is 30.3 Å². The van der Waals surface area contributed by atoms with Gasteiger partial charge in [-0.2, -0.15) is 0 Å². The molecule has 1 amide bonds. The first-order valence-corrected chi connectivity index (χ1v) is 9.41. The smallest absolute Gasteiger partial charge is 0.231 e. The Bertz CT molecular complexity index is 1140. The number of carbonyl (C=O) groups is 1. The van der Waals surface area contributed by atoms with Gasteiger partial charge in [0.25, 0.3) is 0 Å². The molecule has 2 aromatic carbocycles. The highest BCUT2D eigenvalue weighted by molar-refractivity contribution is 5.99. The fourth-order valence-corrected chi connectivity index (χ4v) is 3.58. The largest absolute Gasteiger partial charge is 0.350 e. The standard InChI is InChI=1S/C24H23N3O/c1-16-14-19(12-13-25-16)18-8-10-20(11-9-18)26-24(28)17(2)22-15-27(3)23-7-5-4-6-21(22)23/h4-15,17H,1-3H3,(H,26,28)/t17-/m1/s1. The molecule has 0 aliphatic carbocycles. The molecule has 28 heavy (non-hydrogen) atoms. The van der Waals surface area contributed by atoms with Crippen LogP contribution in [0, 0.1) is 6.92 Å². The Labute approximate surface area is 164 Å². The zero-order valence-electron chi connectivity index (χ0n) is 16.3. The molecule has 0 unspecified atom stereocenters. The van der Waals surface area contributed by atoms with Crippen molar-refractivity contribution in [1.82, 2.24) is 9.55 Å². The van der Waals surface area contributed by atoms with Crippen molar-refractivity contribution in [1.29, 1.82) is 0 Å². The van der Waals surface area contributed by atoms with Gasteiger partial charge in [-0.15, -0.1) is 0 Å². The lowest BCUT2D eigenvalue weighted by molar-refractivity contribution is -0.117. The number of rotatable bonds is 4. The van der Waals surface area contributed by atoms with E-state index in [1.807, 2.05) is 75.8 Å². The maximum Gasteiger partial charge on any atom is 0.231 e. The average Bonchev–Trinajstić information content (AvgIpc) is 3.05. The van der Waals surface area contributed by atoms with Gasteiger partial charge in [0, 0.05) is 41.7 Å². The number of aromatic nitrogens is 2. The highest BCUT2D eigenvalue weighted by atomic mass is 16.1. The first kappa shape index (κ1) is 18.0. The molecule has 0 aliphatic heterocycles. The third-order valence-electron chi connectivity index (χ3n) is 5.17. The molecule has 0 radical (unpaired) electrons. The fourth-order valence-electron chi connectivity index (χ4n) is 3.58. The summed E-state index contributed by atoms with van der Waals surface area (Å²) in [6.45, 7) is 3.93. The molecular formula is C24H23N3O. The number of aryl methyl sites for hydroxylation is 2. The van der Waals surface area contributed by atoms with Crippen molar-refractivity contribution in [2.75, 3.05) is 5.32 Å². The molecule has 0 aliphatic rings. The highest BCUT2D eigenvalue weighted by Gasteiger charge is 2.19. The van der Waals surface area contributed by atoms with E-state index in [0.29, 0.717) is 0 Å². The van der Waals surface area contributed by atoms with E-state index in [9.17, 15) is 4.79 Å². The van der Waals surface area contributed by atoms with Crippen LogP contribution in [0.25, 0.3) is 22.0 Å². The normalized spacial score (nSPS) is 12.1. The Morgan fingerprint density at radius 1 is 1.04 bits per heavy atom. The average molecular weight is 369 g/mol. The van der Waals surface area contributed by atoms with Crippen molar-refractivity contribution in [2.45, 2.75) is 19.8 Å². The lowest BCUT2D eigenvalue weighted by atomic mass is 9.99. The van der Waals surface area contributed by atoms with Gasteiger partial charge in [-0.25, -0.2) is 0 Å². The van der Waals surface area contributed by atoms with Crippen molar-refractivity contribution < 1.29 is 4.79 Å². The number of nitrogens with zero attached hydrogens (tertiary/aromatic N) is 2. The lowest BCUT2D eigenvalue weighted by Crippen LogP contribution is -2.18. The summed E-state index contributed by atoms with van der Waals surface area (Å²) >= 11 is 0. The van der Waals surface area contributed by atoms with Gasteiger partial charge in [-0.3, -0.25) is 9.78 Å². The second-order valence-electron chi connectivity index (χ2n) is 7.19. The Balaban J connectivity index is 1.53. The minimum absolute atomic E-state index is 0.0103. The van der Waals surface area contributed by atoms with Crippen LogP contribution in [0.3, 0.4) is 0 Å². The summed E-state index contributed by atoms with van der Waals surface area (Å²) in [6.07, 6.45) is 3.86. The first-order valence-electron chi connectivity index (χ1n) is 9.41. The van der Waals surface area contributed by atoms with Crippen LogP contribution in [-0.4, -0.2) is 15.5 Å². The van der Waals surface area contributed by atoms with Crippen LogP contribution in [0.1, 0.15) is 24.1 Å². The molecule has 0 fully saturated rings. The molecule has 0 spiro atoms. The van der Waals surface area contributed by atoms with Crippen molar-refractivity contribution in [2.24, 2.45) is 7.05 Å². The maximum atomic E-state index is 12.8. The van der Waals surface area contributed by atoms with E-state index in [0.717, 1.165) is 39.0 Å². The van der Waals surface area contributed by atoms with Gasteiger partial charge < -0.3 is 9.88 Å². The first-order chi connectivity index (χ1) is 13.5. The molecule has 4 heteroatoms. The van der Waals surface area contributed by atoms with Crippen LogP contribution < -0.4 is 5.32 Å². The van der Waals surface area contributed by atoms with Crippen molar-refractivity contribution in [3.63, 3.8) is 0 Å². The Hall–Kier alpha value is -3.40. The van der Waals surface area contributed by atoms with E-state index >= 15 is 0 Å². The topological polar surface area (TPSA) is 46.9 Å². The maximum absolute atomic E-state index is 12.8. The quantitative estimate of drug-likeness (QED) is 0.531. The number of pyridine rings is 1. The molecule has 4 rings (SSSR count). The van der Waals surface area contributed by atoms with Crippen LogP contribution in [0.15, 0.2) is 73.1 Å². The molecule has 140 valence electrons. The number of amides is 1. The summed E-state index contributed by atoms with van der Waals surface area (Å²) in [5.74, 6) is -0.252. The summed E-state index contributed by atoms with van der Waals surface area (Å²) in [5.41, 5.74) is 6.18. The van der Waals surface area contributed by atoms with Crippen LogP contribution in [0.5, 0.6) is 0 Å². The molecule has 0 saturated carbocycles. The third kappa shape index (κ3) is 3.41. The number of nitrogens with one attached hydrogen (secondary N) is 1. The second kappa shape index (κ2) is 7.31. The molecule has 0 bridgehead atoms. The van der Waals surface area contributed by atoms with E-state index in [-0.39, 0.29) is 11.8 Å². The second-order valence-corrected chi connectivity index (χ2v) is 7.19. The molecule has 1 atom stereocenters. The number of benzene rings is 2. The van der Waals surface area contributed by atoms with Crippen LogP contribution in [0.2, 0.25) is 0 Å². The molecule has 1 N–H and O–H groups in total. The number of para-hydroxylation sites is 1. The Morgan fingerprint density at radius 2 is 1.79 bits per heavy atom. The third-order valence-corrected chi connectivity index (χ3v) is 5.17. The lowest BCUT2D eigenvalue weighted by Gasteiger charge is -2.12. The van der Waals surface area contributed by atoms with Crippen LogP contribution in [-0.2, 0) is 11.8 Å². The van der Waals surface area contributed by atoms with Crippen LogP contribution in [0.4, 0.5) is 5.69 Å². The highest BCUT2D eigenvalue weighted by Crippen LogP contribution is 2.28.